The van der Waals surface area contributed by atoms with Crippen LogP contribution in [0.15, 0.2) is 122 Å². The molecule has 0 saturated heterocycles. The lowest BCUT2D eigenvalue weighted by Crippen LogP contribution is -2.37. The first kappa shape index (κ1) is 95.4. The van der Waals surface area contributed by atoms with Crippen molar-refractivity contribution in [1.29, 1.82) is 0 Å². The molecule has 2 atom stereocenters. The molecule has 99 heavy (non-hydrogen) atoms. The van der Waals surface area contributed by atoms with E-state index >= 15 is 0 Å². The third-order valence-corrected chi connectivity index (χ3v) is 19.2. The van der Waals surface area contributed by atoms with Gasteiger partial charge >= 0.3 is 19.8 Å². The van der Waals surface area contributed by atoms with Crippen molar-refractivity contribution in [3.8, 4) is 0 Å². The summed E-state index contributed by atoms with van der Waals surface area (Å²) in [5, 5.41) is 0. The van der Waals surface area contributed by atoms with E-state index in [4.69, 9.17) is 18.5 Å². The summed E-state index contributed by atoms with van der Waals surface area (Å²) in [4.78, 5) is 36.0. The standard InChI is InChI=1S/C89H158NO8P/c1-6-8-10-12-14-16-18-20-22-24-26-28-30-32-34-36-38-40-42-44-46-47-49-51-53-55-57-59-61-63-65-67-69-71-73-75-77-79-81-88(91)95-85-87(86-97-99(93,94)96-84-83-90(3,4)5)98-89(92)82-80-78-76-74-72-70-68-66-64-62-60-58-56-54-52-50-48-45-43-41-39-37-35-33-31-29-27-25-23-21-19-17-15-13-11-9-7-2/h9,11,15,17,21,23,27,29,33,35,39,41,45,48,52,54,58,60,64,66,87H,6-8,10,12-14,16,18-20,22,24-26,28,30-32,34,36-38,40,42-44,46-47,49-51,53,55-57,59,61-63,65,67-86H2,1-5H3/p+1/b11-9-,17-15-,23-21-,29-27-,35-33-,41-39-,48-45-,54-52-,60-58-,66-64-. The van der Waals surface area contributed by atoms with Crippen molar-refractivity contribution in [3.05, 3.63) is 122 Å². The maximum Gasteiger partial charge on any atom is 0.472 e. The summed E-state index contributed by atoms with van der Waals surface area (Å²) in [5.74, 6) is -0.806. The Morgan fingerprint density at radius 2 is 0.576 bits per heavy atom. The van der Waals surface area contributed by atoms with Gasteiger partial charge in [0.2, 0.25) is 0 Å². The van der Waals surface area contributed by atoms with E-state index < -0.39 is 26.5 Å². The van der Waals surface area contributed by atoms with Crippen LogP contribution in [0.1, 0.15) is 380 Å². The molecule has 0 bridgehead atoms. The monoisotopic (exact) mass is 1400 g/mol. The predicted octanol–water partition coefficient (Wildman–Crippen LogP) is 28.1. The van der Waals surface area contributed by atoms with Gasteiger partial charge in [-0.1, -0.05) is 399 Å². The first-order chi connectivity index (χ1) is 48.5. The fourth-order valence-corrected chi connectivity index (χ4v) is 12.7. The Morgan fingerprint density at radius 3 is 0.859 bits per heavy atom. The number of rotatable bonds is 77. The Labute approximate surface area is 613 Å². The van der Waals surface area contributed by atoms with E-state index in [0.717, 1.165) is 122 Å². The molecule has 0 aliphatic heterocycles. The van der Waals surface area contributed by atoms with E-state index in [1.54, 1.807) is 0 Å². The SMILES string of the molecule is CC/C=C\C/C=C\C/C=C\C/C=C\C/C=C\C/C=C\C/C=C\C/C=C\C/C=C\C/C=C\CCCCCCCCC(=O)OC(COC(=O)CCCCCCCCCCCCCCCCCCCCCCCCCCCCCCCCCCCCCCCC)COP(=O)(O)OCC[N+](C)(C)C. The first-order valence-corrected chi connectivity index (χ1v) is 43.3. The molecule has 0 fully saturated rings. The van der Waals surface area contributed by atoms with Gasteiger partial charge in [0.25, 0.3) is 0 Å². The van der Waals surface area contributed by atoms with Crippen molar-refractivity contribution < 1.29 is 42.1 Å². The number of esters is 2. The zero-order valence-electron chi connectivity index (χ0n) is 65.5. The second kappa shape index (κ2) is 78.5. The van der Waals surface area contributed by atoms with Crippen LogP contribution < -0.4 is 0 Å². The van der Waals surface area contributed by atoms with E-state index in [-0.39, 0.29) is 32.0 Å². The molecule has 1 N–H and O–H groups in total. The van der Waals surface area contributed by atoms with Crippen LogP contribution in [-0.4, -0.2) is 74.9 Å². The van der Waals surface area contributed by atoms with Crippen molar-refractivity contribution in [2.24, 2.45) is 0 Å². The summed E-state index contributed by atoms with van der Waals surface area (Å²) in [6.45, 7) is 4.34. The molecule has 0 radical (unpaired) electrons. The molecule has 0 amide bonds. The maximum absolute atomic E-state index is 12.9. The first-order valence-electron chi connectivity index (χ1n) is 41.8. The Kier molecular flexibility index (Phi) is 75.7. The molecular formula is C89H159NO8P+. The minimum atomic E-state index is -4.41. The number of phosphoric ester groups is 1. The summed E-state index contributed by atoms with van der Waals surface area (Å²) in [5.41, 5.74) is 0. The van der Waals surface area contributed by atoms with Gasteiger partial charge in [-0.2, -0.15) is 0 Å². The van der Waals surface area contributed by atoms with Gasteiger partial charge in [0.15, 0.2) is 6.10 Å². The van der Waals surface area contributed by atoms with Crippen molar-refractivity contribution in [2.75, 3.05) is 47.5 Å². The quantitative estimate of drug-likeness (QED) is 0.0211. The molecule has 572 valence electrons. The number of allylic oxidation sites excluding steroid dienone is 20. The van der Waals surface area contributed by atoms with Crippen LogP contribution in [0.3, 0.4) is 0 Å². The van der Waals surface area contributed by atoms with Crippen LogP contribution in [0.5, 0.6) is 0 Å². The summed E-state index contributed by atoms with van der Waals surface area (Å²) in [6.07, 6.45) is 114. The molecular weight excluding hydrogens is 1240 g/mol. The van der Waals surface area contributed by atoms with Gasteiger partial charge in [-0.25, -0.2) is 4.57 Å². The maximum atomic E-state index is 12.9. The molecule has 0 aliphatic rings. The molecule has 0 aromatic carbocycles. The summed E-state index contributed by atoms with van der Waals surface area (Å²) in [6, 6.07) is 0. The lowest BCUT2D eigenvalue weighted by molar-refractivity contribution is -0.870. The summed E-state index contributed by atoms with van der Waals surface area (Å²) >= 11 is 0. The molecule has 0 aromatic heterocycles. The second-order valence-electron chi connectivity index (χ2n) is 29.1. The highest BCUT2D eigenvalue weighted by atomic mass is 31.2. The van der Waals surface area contributed by atoms with Gasteiger partial charge in [-0.15, -0.1) is 0 Å². The molecule has 0 aliphatic carbocycles. The molecule has 9 nitrogen and oxygen atoms in total. The number of phosphoric acid groups is 1. The Hall–Kier alpha value is -3.59. The second-order valence-corrected chi connectivity index (χ2v) is 30.6. The fraction of sp³-hybridized carbons (Fsp3) is 0.753. The third kappa shape index (κ3) is 83.2. The average Bonchev–Trinajstić information content (AvgIpc) is 0.999. The van der Waals surface area contributed by atoms with E-state index in [9.17, 15) is 19.0 Å². The van der Waals surface area contributed by atoms with E-state index in [0.29, 0.717) is 17.4 Å². The fourth-order valence-electron chi connectivity index (χ4n) is 11.9. The summed E-state index contributed by atoms with van der Waals surface area (Å²) < 4.78 is 34.8. The number of quaternary nitrogens is 1. The number of nitrogens with zero attached hydrogens (tertiary/aromatic N) is 1. The Bertz CT molecular complexity index is 2090. The van der Waals surface area contributed by atoms with Crippen LogP contribution in [0.4, 0.5) is 0 Å². The highest BCUT2D eigenvalue weighted by molar-refractivity contribution is 7.47. The van der Waals surface area contributed by atoms with E-state index in [2.05, 4.69) is 135 Å². The van der Waals surface area contributed by atoms with Gasteiger partial charge in [0.1, 0.15) is 19.8 Å². The molecule has 0 aromatic rings. The predicted molar refractivity (Wildman–Crippen MR) is 431 cm³/mol. The number of hydrogen-bond acceptors (Lipinski definition) is 7. The molecule has 0 heterocycles. The molecule has 2 unspecified atom stereocenters. The average molecular weight is 1400 g/mol. The topological polar surface area (TPSA) is 108 Å². The van der Waals surface area contributed by atoms with Crippen LogP contribution in [0, 0.1) is 0 Å². The lowest BCUT2D eigenvalue weighted by Gasteiger charge is -2.24. The largest absolute Gasteiger partial charge is 0.472 e. The minimum Gasteiger partial charge on any atom is -0.462 e. The van der Waals surface area contributed by atoms with Gasteiger partial charge in [0, 0.05) is 12.8 Å². The van der Waals surface area contributed by atoms with Crippen molar-refractivity contribution in [2.45, 2.75) is 386 Å². The lowest BCUT2D eigenvalue weighted by atomic mass is 10.0. The highest BCUT2D eigenvalue weighted by Crippen LogP contribution is 2.43. The van der Waals surface area contributed by atoms with Gasteiger partial charge in [-0.3, -0.25) is 18.6 Å². The molecule has 0 spiro atoms. The number of carbonyl (C=O) groups excluding carboxylic acids is 2. The normalized spacial score (nSPS) is 13.6. The van der Waals surface area contributed by atoms with Gasteiger partial charge in [0.05, 0.1) is 27.7 Å². The van der Waals surface area contributed by atoms with Crippen molar-refractivity contribution in [1.82, 2.24) is 0 Å². The smallest absolute Gasteiger partial charge is 0.462 e. The Morgan fingerprint density at radius 1 is 0.323 bits per heavy atom. The number of ether oxygens (including phenoxy) is 2. The zero-order valence-corrected chi connectivity index (χ0v) is 66.4. The van der Waals surface area contributed by atoms with E-state index in [1.165, 1.54) is 225 Å². The number of likely N-dealkylation sites (N-methyl/N-ethyl adjacent to an activating group) is 1. The number of hydrogen-bond donors (Lipinski definition) is 1. The van der Waals surface area contributed by atoms with Gasteiger partial charge in [-0.05, 0) is 89.9 Å². The van der Waals surface area contributed by atoms with Crippen molar-refractivity contribution in [3.63, 3.8) is 0 Å². The van der Waals surface area contributed by atoms with Crippen LogP contribution >= 0.6 is 7.82 Å². The highest BCUT2D eigenvalue weighted by Gasteiger charge is 2.27. The Balaban J connectivity index is 3.99. The number of carbonyl (C=O) groups is 2. The number of unbranched alkanes of at least 4 members (excludes halogenated alkanes) is 43. The van der Waals surface area contributed by atoms with Crippen molar-refractivity contribution >= 4 is 19.8 Å². The summed E-state index contributed by atoms with van der Waals surface area (Å²) in [7, 11) is 1.47. The van der Waals surface area contributed by atoms with Crippen LogP contribution in [0.25, 0.3) is 0 Å². The molecule has 0 saturated carbocycles. The van der Waals surface area contributed by atoms with Crippen LogP contribution in [-0.2, 0) is 32.7 Å². The van der Waals surface area contributed by atoms with Crippen LogP contribution in [0.2, 0.25) is 0 Å². The van der Waals surface area contributed by atoms with E-state index in [1.807, 2.05) is 21.1 Å². The molecule has 0 rings (SSSR count). The molecule has 10 heteroatoms. The van der Waals surface area contributed by atoms with Gasteiger partial charge < -0.3 is 18.9 Å². The third-order valence-electron chi connectivity index (χ3n) is 18.3. The minimum absolute atomic E-state index is 0.0244. The zero-order chi connectivity index (χ0) is 71.8.